The Bertz CT molecular complexity index is 1180. The second-order valence-electron chi connectivity index (χ2n) is 18.4. The molecule has 53 heavy (non-hydrogen) atoms. The first-order valence-electron chi connectivity index (χ1n) is 19.8. The van der Waals surface area contributed by atoms with Crippen LogP contribution >= 0.6 is 0 Å². The highest BCUT2D eigenvalue weighted by Gasteiger charge is 2.54. The van der Waals surface area contributed by atoms with E-state index < -0.39 is 107 Å². The molecule has 0 radical (unpaired) electrons. The van der Waals surface area contributed by atoms with E-state index >= 15 is 0 Å². The molecule has 0 bridgehead atoms. The lowest BCUT2D eigenvalue weighted by atomic mass is 9.72. The molecule has 0 saturated carbocycles. The van der Waals surface area contributed by atoms with Crippen molar-refractivity contribution in [1.82, 2.24) is 0 Å². The van der Waals surface area contributed by atoms with E-state index in [0.717, 1.165) is 0 Å². The molecule has 0 aromatic heterocycles. The van der Waals surface area contributed by atoms with Gasteiger partial charge in [-0.15, -0.1) is 0 Å². The van der Waals surface area contributed by atoms with E-state index in [-0.39, 0.29) is 37.2 Å². The van der Waals surface area contributed by atoms with Gasteiger partial charge in [0.05, 0.1) is 53.2 Å². The van der Waals surface area contributed by atoms with Crippen LogP contribution in [0.2, 0.25) is 0 Å². The quantitative estimate of drug-likeness (QED) is 0.234. The number of aliphatic hydroxyl groups is 4. The molecule has 6 N–H and O–H groups in total. The van der Waals surface area contributed by atoms with Crippen LogP contribution in [0, 0.1) is 29.6 Å². The molecule has 3 heterocycles. The standard InChI is InChI=1S/C40H75NO12/c1-16-27-40(14,46)32(43)23(5)29(41)21(3)18-38(12,45)33(52-36-30(42)20(2)17-22(4)48-36)24(6)31(25(7)35(44)50-27)51-28-19-39(13,47-15)34(26(8)49-28)53-37(9,10)11/h20-34,36,42-43,45-46H,16-19,41H2,1-15H3/t20?,21-,22?,23+,24+,25-,26?,27-,28?,29+,30?,31+,32-,33-,34?,36?,38-,39?,40-/m1/s1. The third-order valence-electron chi connectivity index (χ3n) is 12.3. The molecule has 3 aliphatic heterocycles. The zero-order chi connectivity index (χ0) is 40.6. The first-order valence-corrected chi connectivity index (χ1v) is 19.8. The minimum Gasteiger partial charge on any atom is -0.459 e. The number of carbonyl (C=O) groups is 1. The number of methoxy groups -OCH3 is 1. The van der Waals surface area contributed by atoms with Gasteiger partial charge < -0.3 is 59.3 Å². The molecule has 3 fully saturated rings. The molecule has 3 aliphatic rings. The van der Waals surface area contributed by atoms with Crippen molar-refractivity contribution in [2.24, 2.45) is 35.3 Å². The molecule has 3 rings (SSSR count). The van der Waals surface area contributed by atoms with Gasteiger partial charge in [0, 0.05) is 31.4 Å². The fourth-order valence-electron chi connectivity index (χ4n) is 8.97. The SMILES string of the molecule is CC[C@H]1OC(=O)[C@H](C)[C@@H](OC2CC(C)(OC)C(OC(C)(C)C)C(C)O2)[C@H](C)[C@@H](OC2OC(C)CC(C)C2O)[C@](C)(O)C[C@@H](C)[C@H](N)[C@H](C)[C@@H](O)[C@]1(C)O. The predicted octanol–water partition coefficient (Wildman–Crippen LogP) is 4.07. The van der Waals surface area contributed by atoms with Crippen LogP contribution in [-0.2, 0) is 38.0 Å². The van der Waals surface area contributed by atoms with Crippen molar-refractivity contribution in [2.45, 2.75) is 212 Å². The summed E-state index contributed by atoms with van der Waals surface area (Å²) in [5.74, 6) is -3.56. The van der Waals surface area contributed by atoms with Crippen molar-refractivity contribution in [3.63, 3.8) is 0 Å². The molecule has 8 unspecified atom stereocenters. The van der Waals surface area contributed by atoms with Crippen LogP contribution in [0.5, 0.6) is 0 Å². The van der Waals surface area contributed by atoms with E-state index in [9.17, 15) is 25.2 Å². The third kappa shape index (κ3) is 10.7. The van der Waals surface area contributed by atoms with Crippen LogP contribution in [0.25, 0.3) is 0 Å². The number of hydrogen-bond acceptors (Lipinski definition) is 13. The van der Waals surface area contributed by atoms with Crippen LogP contribution in [0.3, 0.4) is 0 Å². The van der Waals surface area contributed by atoms with Gasteiger partial charge in [-0.25, -0.2) is 0 Å². The van der Waals surface area contributed by atoms with Crippen LogP contribution in [0.15, 0.2) is 0 Å². The van der Waals surface area contributed by atoms with Gasteiger partial charge in [0.2, 0.25) is 0 Å². The van der Waals surface area contributed by atoms with E-state index in [4.69, 9.17) is 38.9 Å². The topological polar surface area (TPSA) is 189 Å². The number of ether oxygens (including phenoxy) is 7. The fraction of sp³-hybridized carbons (Fsp3) is 0.975. The highest BCUT2D eigenvalue weighted by Crippen LogP contribution is 2.42. The van der Waals surface area contributed by atoms with Gasteiger partial charge in [-0.2, -0.15) is 0 Å². The number of hydrogen-bond donors (Lipinski definition) is 5. The molecule has 13 nitrogen and oxygen atoms in total. The van der Waals surface area contributed by atoms with Crippen molar-refractivity contribution >= 4 is 5.97 Å². The molecule has 0 amide bonds. The van der Waals surface area contributed by atoms with Gasteiger partial charge in [0.15, 0.2) is 12.6 Å². The summed E-state index contributed by atoms with van der Waals surface area (Å²) < 4.78 is 44.6. The number of rotatable bonds is 7. The Kier molecular flexibility index (Phi) is 15.5. The Hall–Kier alpha value is -0.970. The van der Waals surface area contributed by atoms with Gasteiger partial charge in [-0.3, -0.25) is 4.79 Å². The Balaban J connectivity index is 2.16. The smallest absolute Gasteiger partial charge is 0.311 e. The molecule has 19 atom stereocenters. The molecule has 0 spiro atoms. The minimum atomic E-state index is -1.84. The van der Waals surface area contributed by atoms with Gasteiger partial charge in [0.25, 0.3) is 0 Å². The number of cyclic esters (lactones) is 1. The Morgan fingerprint density at radius 3 is 2.04 bits per heavy atom. The van der Waals surface area contributed by atoms with Crippen molar-refractivity contribution < 1.29 is 58.4 Å². The highest BCUT2D eigenvalue weighted by molar-refractivity contribution is 5.73. The van der Waals surface area contributed by atoms with Gasteiger partial charge in [-0.1, -0.05) is 34.6 Å². The maximum Gasteiger partial charge on any atom is 0.311 e. The summed E-state index contributed by atoms with van der Waals surface area (Å²) in [7, 11) is 1.62. The summed E-state index contributed by atoms with van der Waals surface area (Å²) in [5, 5.41) is 47.0. The van der Waals surface area contributed by atoms with Crippen LogP contribution in [-0.4, -0.2) is 123 Å². The number of nitrogens with two attached hydrogens (primary N) is 1. The lowest BCUT2D eigenvalue weighted by Crippen LogP contribution is -2.61. The Morgan fingerprint density at radius 1 is 0.887 bits per heavy atom. The number of aliphatic hydroxyl groups excluding tert-OH is 2. The molecule has 0 aromatic carbocycles. The van der Waals surface area contributed by atoms with Gasteiger partial charge in [-0.05, 0) is 93.4 Å². The number of esters is 1. The average molecular weight is 762 g/mol. The van der Waals surface area contributed by atoms with Crippen LogP contribution in [0.1, 0.15) is 123 Å². The summed E-state index contributed by atoms with van der Waals surface area (Å²) in [4.78, 5) is 14.2. The molecule has 0 aromatic rings. The molecular formula is C40H75NO12. The van der Waals surface area contributed by atoms with Crippen LogP contribution < -0.4 is 5.73 Å². The van der Waals surface area contributed by atoms with E-state index in [1.54, 1.807) is 34.8 Å². The lowest BCUT2D eigenvalue weighted by Gasteiger charge is -2.50. The van der Waals surface area contributed by atoms with E-state index in [2.05, 4.69) is 0 Å². The largest absolute Gasteiger partial charge is 0.459 e. The first-order chi connectivity index (χ1) is 24.2. The summed E-state index contributed by atoms with van der Waals surface area (Å²) in [6, 6.07) is -0.676. The third-order valence-corrected chi connectivity index (χ3v) is 12.3. The van der Waals surface area contributed by atoms with Crippen molar-refractivity contribution in [1.29, 1.82) is 0 Å². The molecular weight excluding hydrogens is 686 g/mol. The van der Waals surface area contributed by atoms with E-state index in [0.29, 0.717) is 6.42 Å². The van der Waals surface area contributed by atoms with Gasteiger partial charge >= 0.3 is 5.97 Å². The first kappa shape index (κ1) is 46.4. The second-order valence-corrected chi connectivity index (χ2v) is 18.4. The second kappa shape index (κ2) is 17.7. The molecule has 13 heteroatoms. The fourth-order valence-corrected chi connectivity index (χ4v) is 8.97. The molecule has 3 saturated heterocycles. The Morgan fingerprint density at radius 2 is 1.49 bits per heavy atom. The summed E-state index contributed by atoms with van der Waals surface area (Å²) in [6.07, 6.45) is -7.30. The molecule has 0 aliphatic carbocycles. The van der Waals surface area contributed by atoms with Gasteiger partial charge in [0.1, 0.15) is 23.9 Å². The zero-order valence-electron chi connectivity index (χ0n) is 35.2. The minimum absolute atomic E-state index is 0.115. The van der Waals surface area contributed by atoms with Crippen molar-refractivity contribution in [3.05, 3.63) is 0 Å². The zero-order valence-corrected chi connectivity index (χ0v) is 35.2. The monoisotopic (exact) mass is 762 g/mol. The van der Waals surface area contributed by atoms with E-state index in [1.807, 2.05) is 62.3 Å². The van der Waals surface area contributed by atoms with Crippen molar-refractivity contribution in [2.75, 3.05) is 7.11 Å². The molecule has 312 valence electrons. The normalized spacial score (nSPS) is 49.9. The van der Waals surface area contributed by atoms with Crippen LogP contribution in [0.4, 0.5) is 0 Å². The summed E-state index contributed by atoms with van der Waals surface area (Å²) >= 11 is 0. The summed E-state index contributed by atoms with van der Waals surface area (Å²) in [6.45, 7) is 25.6. The predicted molar refractivity (Wildman–Crippen MR) is 200 cm³/mol. The maximum absolute atomic E-state index is 14.2. The number of carbonyl (C=O) groups excluding carboxylic acids is 1. The highest BCUT2D eigenvalue weighted by atomic mass is 16.7. The van der Waals surface area contributed by atoms with E-state index in [1.165, 1.54) is 6.92 Å². The summed E-state index contributed by atoms with van der Waals surface area (Å²) in [5.41, 5.74) is 1.99. The average Bonchev–Trinajstić information content (AvgIpc) is 3.05. The maximum atomic E-state index is 14.2. The van der Waals surface area contributed by atoms with Crippen molar-refractivity contribution in [3.8, 4) is 0 Å². The lowest BCUT2D eigenvalue weighted by molar-refractivity contribution is -0.326. The Labute approximate surface area is 318 Å².